The van der Waals surface area contributed by atoms with Crippen LogP contribution in [0.1, 0.15) is 12.6 Å². The van der Waals surface area contributed by atoms with E-state index in [9.17, 15) is 4.79 Å². The summed E-state index contributed by atoms with van der Waals surface area (Å²) >= 11 is 4.73. The molecule has 1 heterocycles. The van der Waals surface area contributed by atoms with Gasteiger partial charge in [-0.15, -0.1) is 0 Å². The Bertz CT molecular complexity index is 374. The summed E-state index contributed by atoms with van der Waals surface area (Å²) < 4.78 is 1.68. The summed E-state index contributed by atoms with van der Waals surface area (Å²) in [5.74, 6) is -0.614. The first-order valence-corrected chi connectivity index (χ1v) is 4.97. The molecule has 6 heteroatoms. The van der Waals surface area contributed by atoms with Crippen molar-refractivity contribution in [1.82, 2.24) is 15.1 Å². The number of hydrogen-bond donors (Lipinski definition) is 2. The number of amides is 1. The van der Waals surface area contributed by atoms with E-state index in [-0.39, 0.29) is 10.9 Å². The van der Waals surface area contributed by atoms with Crippen molar-refractivity contribution in [2.45, 2.75) is 13.5 Å². The molecule has 1 amide bonds. The van der Waals surface area contributed by atoms with Gasteiger partial charge in [0, 0.05) is 13.2 Å². The molecule has 0 saturated heterocycles. The fourth-order valence-electron chi connectivity index (χ4n) is 1.02. The van der Waals surface area contributed by atoms with E-state index >= 15 is 0 Å². The minimum atomic E-state index is -0.441. The lowest BCUT2D eigenvalue weighted by molar-refractivity contribution is -0.122. The van der Waals surface area contributed by atoms with Gasteiger partial charge in [0.1, 0.15) is 0 Å². The zero-order valence-electron chi connectivity index (χ0n) is 8.73. The lowest BCUT2D eigenvalue weighted by Crippen LogP contribution is -2.35. The number of thiocarbonyl (C=S) groups is 1. The Morgan fingerprint density at radius 1 is 1.80 bits per heavy atom. The van der Waals surface area contributed by atoms with Crippen LogP contribution in [0, 0.1) is 5.92 Å². The van der Waals surface area contributed by atoms with Crippen molar-refractivity contribution >= 4 is 23.1 Å². The van der Waals surface area contributed by atoms with E-state index in [1.165, 1.54) is 0 Å². The molecule has 82 valence electrons. The molecule has 1 unspecified atom stereocenters. The number of nitrogens with two attached hydrogens (primary N) is 1. The zero-order valence-corrected chi connectivity index (χ0v) is 9.54. The van der Waals surface area contributed by atoms with Crippen molar-refractivity contribution in [1.29, 1.82) is 0 Å². The van der Waals surface area contributed by atoms with E-state index in [2.05, 4.69) is 10.4 Å². The lowest BCUT2D eigenvalue weighted by atomic mass is 10.1. The summed E-state index contributed by atoms with van der Waals surface area (Å²) in [4.78, 5) is 11.7. The van der Waals surface area contributed by atoms with Crippen LogP contribution in [-0.2, 0) is 18.4 Å². The van der Waals surface area contributed by atoms with Crippen LogP contribution >= 0.6 is 12.2 Å². The molecular formula is C9H14N4OS. The highest BCUT2D eigenvalue weighted by atomic mass is 32.1. The molecule has 0 aliphatic heterocycles. The maximum Gasteiger partial charge on any atom is 0.229 e. The van der Waals surface area contributed by atoms with Gasteiger partial charge in [0.2, 0.25) is 5.91 Å². The summed E-state index contributed by atoms with van der Waals surface area (Å²) in [6.07, 6.45) is 1.82. The molecule has 5 nitrogen and oxygen atoms in total. The van der Waals surface area contributed by atoms with E-state index in [4.69, 9.17) is 18.0 Å². The number of carbonyl (C=O) groups excluding carboxylic acids is 1. The van der Waals surface area contributed by atoms with Gasteiger partial charge in [-0.05, 0) is 13.0 Å². The van der Waals surface area contributed by atoms with Crippen LogP contribution in [0.25, 0.3) is 0 Å². The van der Waals surface area contributed by atoms with Crippen LogP contribution in [0.3, 0.4) is 0 Å². The monoisotopic (exact) mass is 226 g/mol. The fraction of sp³-hybridized carbons (Fsp3) is 0.444. The van der Waals surface area contributed by atoms with E-state index in [0.717, 1.165) is 5.69 Å². The van der Waals surface area contributed by atoms with Gasteiger partial charge in [-0.1, -0.05) is 12.2 Å². The SMILES string of the molecule is CC(C(=O)NCc1ccn(C)n1)C(N)=S. The molecule has 3 N–H and O–H groups in total. The normalized spacial score (nSPS) is 12.1. The molecule has 0 radical (unpaired) electrons. The fourth-order valence-corrected chi connectivity index (χ4v) is 1.12. The van der Waals surface area contributed by atoms with Gasteiger partial charge in [0.05, 0.1) is 23.1 Å². The number of aromatic nitrogens is 2. The van der Waals surface area contributed by atoms with Gasteiger partial charge < -0.3 is 11.1 Å². The predicted molar refractivity (Wildman–Crippen MR) is 61.0 cm³/mol. The number of hydrogen-bond acceptors (Lipinski definition) is 3. The number of rotatable bonds is 4. The molecule has 0 aromatic carbocycles. The molecule has 0 saturated carbocycles. The molecule has 1 atom stereocenters. The van der Waals surface area contributed by atoms with E-state index in [1.54, 1.807) is 11.6 Å². The second-order valence-electron chi connectivity index (χ2n) is 3.32. The van der Waals surface area contributed by atoms with Gasteiger partial charge >= 0.3 is 0 Å². The first-order chi connectivity index (χ1) is 7.00. The first kappa shape index (κ1) is 11.6. The van der Waals surface area contributed by atoms with Crippen molar-refractivity contribution in [3.05, 3.63) is 18.0 Å². The highest BCUT2D eigenvalue weighted by Crippen LogP contribution is 1.97. The highest BCUT2D eigenvalue weighted by molar-refractivity contribution is 7.80. The van der Waals surface area contributed by atoms with Crippen molar-refractivity contribution in [3.63, 3.8) is 0 Å². The molecule has 0 aliphatic rings. The Morgan fingerprint density at radius 3 is 2.93 bits per heavy atom. The molecule has 15 heavy (non-hydrogen) atoms. The van der Waals surface area contributed by atoms with E-state index in [0.29, 0.717) is 6.54 Å². The number of aryl methyl sites for hydroxylation is 1. The Balaban J connectivity index is 2.44. The summed E-state index contributed by atoms with van der Waals surface area (Å²) in [6.45, 7) is 2.07. The average Bonchev–Trinajstić information content (AvgIpc) is 2.59. The van der Waals surface area contributed by atoms with Crippen molar-refractivity contribution in [2.75, 3.05) is 0 Å². The van der Waals surface area contributed by atoms with Crippen LogP contribution in [0.2, 0.25) is 0 Å². The third-order valence-electron chi connectivity index (χ3n) is 2.03. The Hall–Kier alpha value is -1.43. The molecule has 1 rings (SSSR count). The van der Waals surface area contributed by atoms with E-state index < -0.39 is 5.92 Å². The summed E-state index contributed by atoms with van der Waals surface area (Å²) in [6, 6.07) is 1.84. The minimum Gasteiger partial charge on any atom is -0.393 e. The number of nitrogens with one attached hydrogen (secondary N) is 1. The van der Waals surface area contributed by atoms with Crippen LogP contribution in [0.15, 0.2) is 12.3 Å². The maximum absolute atomic E-state index is 11.5. The smallest absolute Gasteiger partial charge is 0.229 e. The van der Waals surface area contributed by atoms with Gasteiger partial charge in [-0.25, -0.2) is 0 Å². The summed E-state index contributed by atoms with van der Waals surface area (Å²) in [7, 11) is 1.82. The van der Waals surface area contributed by atoms with Crippen LogP contribution in [-0.4, -0.2) is 20.7 Å². The lowest BCUT2D eigenvalue weighted by Gasteiger charge is -2.09. The number of carbonyl (C=O) groups is 1. The topological polar surface area (TPSA) is 72.9 Å². The zero-order chi connectivity index (χ0) is 11.4. The number of nitrogens with zero attached hydrogens (tertiary/aromatic N) is 2. The summed E-state index contributed by atoms with van der Waals surface area (Å²) in [5, 5.41) is 6.84. The molecule has 0 fully saturated rings. The third kappa shape index (κ3) is 3.32. The quantitative estimate of drug-likeness (QED) is 0.706. The highest BCUT2D eigenvalue weighted by Gasteiger charge is 2.14. The van der Waals surface area contributed by atoms with Crippen LogP contribution in [0.5, 0.6) is 0 Å². The van der Waals surface area contributed by atoms with Crippen molar-refractivity contribution < 1.29 is 4.79 Å². The molecule has 1 aromatic rings. The van der Waals surface area contributed by atoms with Crippen molar-refractivity contribution in [3.8, 4) is 0 Å². The molecule has 1 aromatic heterocycles. The Kier molecular flexibility index (Phi) is 3.79. The molecule has 0 aliphatic carbocycles. The average molecular weight is 226 g/mol. The largest absolute Gasteiger partial charge is 0.393 e. The van der Waals surface area contributed by atoms with Crippen LogP contribution < -0.4 is 11.1 Å². The van der Waals surface area contributed by atoms with Gasteiger partial charge in [0.25, 0.3) is 0 Å². The molecular weight excluding hydrogens is 212 g/mol. The first-order valence-electron chi connectivity index (χ1n) is 4.56. The van der Waals surface area contributed by atoms with Crippen molar-refractivity contribution in [2.24, 2.45) is 18.7 Å². The van der Waals surface area contributed by atoms with Gasteiger partial charge in [0.15, 0.2) is 0 Å². The molecule has 0 bridgehead atoms. The second-order valence-corrected chi connectivity index (χ2v) is 3.79. The van der Waals surface area contributed by atoms with E-state index in [1.807, 2.05) is 19.3 Å². The second kappa shape index (κ2) is 4.88. The van der Waals surface area contributed by atoms with Crippen LogP contribution in [0.4, 0.5) is 0 Å². The molecule has 0 spiro atoms. The van der Waals surface area contributed by atoms with Gasteiger partial charge in [-0.2, -0.15) is 5.10 Å². The predicted octanol–water partition coefficient (Wildman–Crippen LogP) is -0.0415. The van der Waals surface area contributed by atoms with Gasteiger partial charge in [-0.3, -0.25) is 9.48 Å². The standard InChI is InChI=1S/C9H14N4OS/c1-6(8(10)15)9(14)11-5-7-3-4-13(2)12-7/h3-4,6H,5H2,1-2H3,(H2,10,15)(H,11,14). The third-order valence-corrected chi connectivity index (χ3v) is 2.39. The summed E-state index contributed by atoms with van der Waals surface area (Å²) in [5.41, 5.74) is 6.17. The Morgan fingerprint density at radius 2 is 2.47 bits per heavy atom. The Labute approximate surface area is 93.6 Å². The maximum atomic E-state index is 11.5. The minimum absolute atomic E-state index is 0.173.